The minimum absolute atomic E-state index is 0.708. The molecule has 9 heavy (non-hydrogen) atoms. The Balaban J connectivity index is 3.64. The van der Waals surface area contributed by atoms with Gasteiger partial charge in [0.1, 0.15) is 0 Å². The number of methoxy groups -OCH3 is 2. The van der Waals surface area contributed by atoms with Gasteiger partial charge < -0.3 is 14.0 Å². The molecule has 0 N–H and O–H groups in total. The average molecular weight is 154 g/mol. The second-order valence-electron chi connectivity index (χ2n) is 1.33. The van der Waals surface area contributed by atoms with E-state index >= 15 is 0 Å². The summed E-state index contributed by atoms with van der Waals surface area (Å²) in [6.07, 6.45) is 0. The highest BCUT2D eigenvalue weighted by atomic mass is 31.1. The second-order valence-corrected chi connectivity index (χ2v) is 2.84. The van der Waals surface area contributed by atoms with E-state index in [1.165, 1.54) is 21.3 Å². The summed E-state index contributed by atoms with van der Waals surface area (Å²) in [5, 5.41) is 0. The molecule has 0 spiro atoms. The second kappa shape index (κ2) is 4.94. The maximum absolute atomic E-state index is 10.7. The van der Waals surface area contributed by atoms with E-state index in [1.54, 1.807) is 0 Å². The van der Waals surface area contributed by atoms with E-state index in [0.29, 0.717) is 0 Å². The molecule has 0 aliphatic rings. The molecule has 0 aromatic heterocycles. The molecule has 0 fully saturated rings. The van der Waals surface area contributed by atoms with E-state index < -0.39 is 14.1 Å². The van der Waals surface area contributed by atoms with Crippen LogP contribution in [0.1, 0.15) is 0 Å². The normalized spacial score (nSPS) is 14.2. The highest BCUT2D eigenvalue weighted by Gasteiger charge is 2.12. The monoisotopic (exact) mass is 154 g/mol. The van der Waals surface area contributed by atoms with Crippen LogP contribution in [0.15, 0.2) is 0 Å². The van der Waals surface area contributed by atoms with Crippen LogP contribution in [0, 0.1) is 0 Å². The van der Waals surface area contributed by atoms with Gasteiger partial charge in [-0.3, -0.25) is 4.57 Å². The lowest BCUT2D eigenvalue weighted by Crippen LogP contribution is -2.07. The minimum atomic E-state index is -2.16. The molecule has 0 bridgehead atoms. The van der Waals surface area contributed by atoms with Crippen LogP contribution in [-0.4, -0.2) is 27.4 Å². The summed E-state index contributed by atoms with van der Waals surface area (Å²) in [7, 11) is 2.01. The fourth-order valence-corrected chi connectivity index (χ4v) is 0.962. The van der Waals surface area contributed by atoms with Crippen molar-refractivity contribution in [2.45, 2.75) is 6.03 Å². The molecule has 0 aliphatic carbocycles. The molecule has 0 radical (unpaired) electrons. The summed E-state index contributed by atoms with van der Waals surface area (Å²) in [6, 6.07) is -0.708. The summed E-state index contributed by atoms with van der Waals surface area (Å²) in [5.41, 5.74) is 0. The minimum Gasteiger partial charge on any atom is -0.348 e. The van der Waals surface area contributed by atoms with Gasteiger partial charge in [-0.2, -0.15) is 0 Å². The summed E-state index contributed by atoms with van der Waals surface area (Å²) >= 11 is 0. The Morgan fingerprint density at radius 3 is 1.78 bits per heavy atom. The van der Waals surface area contributed by atoms with Crippen molar-refractivity contribution in [3.05, 3.63) is 0 Å². The standard InChI is InChI=1S/C4H11O4P/c1-6-4(7-2)9(5)8-3/h4,9H,1-3H3. The Bertz CT molecular complexity index is 90.6. The van der Waals surface area contributed by atoms with Gasteiger partial charge in [0.15, 0.2) is 0 Å². The Hall–Kier alpha value is 0.110. The van der Waals surface area contributed by atoms with Gasteiger partial charge in [-0.15, -0.1) is 0 Å². The predicted octanol–water partition coefficient (Wildman–Crippen LogP) is 0.684. The maximum atomic E-state index is 10.7. The van der Waals surface area contributed by atoms with Crippen LogP contribution in [0.4, 0.5) is 0 Å². The van der Waals surface area contributed by atoms with Gasteiger partial charge in [-0.05, 0) is 0 Å². The Labute approximate surface area is 55.0 Å². The van der Waals surface area contributed by atoms with Gasteiger partial charge in [-0.25, -0.2) is 0 Å². The van der Waals surface area contributed by atoms with E-state index in [0.717, 1.165) is 0 Å². The van der Waals surface area contributed by atoms with Gasteiger partial charge in [0.05, 0.1) is 0 Å². The maximum Gasteiger partial charge on any atom is 0.246 e. The van der Waals surface area contributed by atoms with E-state index in [-0.39, 0.29) is 0 Å². The molecule has 0 saturated carbocycles. The van der Waals surface area contributed by atoms with Crippen LogP contribution in [0.2, 0.25) is 0 Å². The smallest absolute Gasteiger partial charge is 0.246 e. The summed E-state index contributed by atoms with van der Waals surface area (Å²) in [6.45, 7) is 0. The third-order valence-corrected chi connectivity index (χ3v) is 2.08. The molecule has 5 heteroatoms. The van der Waals surface area contributed by atoms with Crippen molar-refractivity contribution in [3.63, 3.8) is 0 Å². The van der Waals surface area contributed by atoms with E-state index in [9.17, 15) is 4.57 Å². The molecule has 1 unspecified atom stereocenters. The molecule has 0 saturated heterocycles. The molecule has 0 aromatic carbocycles. The fourth-order valence-electron chi connectivity index (χ4n) is 0.385. The number of ether oxygens (including phenoxy) is 2. The average Bonchev–Trinajstić information content (AvgIpc) is 1.90. The van der Waals surface area contributed by atoms with Crippen LogP contribution in [0.5, 0.6) is 0 Å². The van der Waals surface area contributed by atoms with Crippen molar-refractivity contribution in [2.24, 2.45) is 0 Å². The highest BCUT2D eigenvalue weighted by molar-refractivity contribution is 7.39. The van der Waals surface area contributed by atoms with Crippen LogP contribution in [0.25, 0.3) is 0 Å². The number of rotatable bonds is 4. The Morgan fingerprint density at radius 1 is 1.22 bits per heavy atom. The molecule has 0 rings (SSSR count). The van der Waals surface area contributed by atoms with E-state index in [4.69, 9.17) is 0 Å². The lowest BCUT2D eigenvalue weighted by Gasteiger charge is -2.10. The summed E-state index contributed by atoms with van der Waals surface area (Å²) < 4.78 is 24.5. The molecule has 0 aromatic rings. The van der Waals surface area contributed by atoms with Gasteiger partial charge in [-0.1, -0.05) is 0 Å². The quantitative estimate of drug-likeness (QED) is 0.441. The van der Waals surface area contributed by atoms with Crippen molar-refractivity contribution >= 4 is 8.03 Å². The number of hydrogen-bond acceptors (Lipinski definition) is 4. The molecule has 4 nitrogen and oxygen atoms in total. The molecule has 0 heterocycles. The zero-order valence-electron chi connectivity index (χ0n) is 5.71. The van der Waals surface area contributed by atoms with E-state index in [1.807, 2.05) is 0 Å². The van der Waals surface area contributed by atoms with Crippen molar-refractivity contribution < 1.29 is 18.6 Å². The third-order valence-electron chi connectivity index (χ3n) is 0.822. The third kappa shape index (κ3) is 2.96. The van der Waals surface area contributed by atoms with Gasteiger partial charge in [0.2, 0.25) is 14.1 Å². The first-order valence-corrected chi connectivity index (χ1v) is 3.79. The molecular formula is C4H11O4P. The molecule has 0 aliphatic heterocycles. The van der Waals surface area contributed by atoms with Crippen molar-refractivity contribution in [1.29, 1.82) is 0 Å². The summed E-state index contributed by atoms with van der Waals surface area (Å²) in [4.78, 5) is 0. The lowest BCUT2D eigenvalue weighted by atomic mass is 11.3. The first kappa shape index (κ1) is 9.11. The number of hydrogen-bond donors (Lipinski definition) is 0. The molecule has 56 valence electrons. The lowest BCUT2D eigenvalue weighted by molar-refractivity contribution is -0.0470. The fraction of sp³-hybridized carbons (Fsp3) is 1.00. The van der Waals surface area contributed by atoms with Gasteiger partial charge in [0.25, 0.3) is 0 Å². The molecule has 0 amide bonds. The van der Waals surface area contributed by atoms with Gasteiger partial charge in [0, 0.05) is 21.3 Å². The highest BCUT2D eigenvalue weighted by Crippen LogP contribution is 2.28. The summed E-state index contributed by atoms with van der Waals surface area (Å²) in [5.74, 6) is 0. The van der Waals surface area contributed by atoms with Gasteiger partial charge >= 0.3 is 0 Å². The predicted molar refractivity (Wildman–Crippen MR) is 33.8 cm³/mol. The first-order valence-electron chi connectivity index (χ1n) is 2.39. The van der Waals surface area contributed by atoms with Crippen LogP contribution in [-0.2, 0) is 18.6 Å². The van der Waals surface area contributed by atoms with Crippen molar-refractivity contribution in [2.75, 3.05) is 21.3 Å². The van der Waals surface area contributed by atoms with Crippen LogP contribution >= 0.6 is 8.03 Å². The van der Waals surface area contributed by atoms with E-state index in [2.05, 4.69) is 14.0 Å². The van der Waals surface area contributed by atoms with Crippen LogP contribution < -0.4 is 0 Å². The SMILES string of the molecule is COC(OC)[PH](=O)OC. The zero-order chi connectivity index (χ0) is 7.28. The van der Waals surface area contributed by atoms with Crippen molar-refractivity contribution in [3.8, 4) is 0 Å². The van der Waals surface area contributed by atoms with Crippen LogP contribution in [0.3, 0.4) is 0 Å². The van der Waals surface area contributed by atoms with Crippen molar-refractivity contribution in [1.82, 2.24) is 0 Å². The first-order chi connectivity index (χ1) is 4.26. The Morgan fingerprint density at radius 2 is 1.67 bits per heavy atom. The largest absolute Gasteiger partial charge is 0.348 e. The molecular weight excluding hydrogens is 143 g/mol. The zero-order valence-corrected chi connectivity index (χ0v) is 6.71. The molecule has 1 atom stereocenters. The topological polar surface area (TPSA) is 44.8 Å². The Kier molecular flexibility index (Phi) is 5.00.